The van der Waals surface area contributed by atoms with E-state index in [1.165, 1.54) is 4.88 Å². The molecule has 13 heavy (non-hydrogen) atoms. The molecule has 0 amide bonds. The van der Waals surface area contributed by atoms with Gasteiger partial charge in [0, 0.05) is 31.2 Å². The van der Waals surface area contributed by atoms with Crippen LogP contribution in [0.1, 0.15) is 18.2 Å². The summed E-state index contributed by atoms with van der Waals surface area (Å²) in [7, 11) is 4.02. The van der Waals surface area contributed by atoms with Gasteiger partial charge in [0.05, 0.1) is 0 Å². The maximum Gasteiger partial charge on any atom is 0.184 e. The van der Waals surface area contributed by atoms with Crippen LogP contribution in [-0.2, 0) is 6.42 Å². The molecule has 2 N–H and O–H groups in total. The van der Waals surface area contributed by atoms with Gasteiger partial charge in [0.25, 0.3) is 0 Å². The average Bonchev–Trinajstić information content (AvgIpc) is 2.48. The normalized spacial score (nSPS) is 12.9. The molecule has 1 rings (SSSR count). The summed E-state index contributed by atoms with van der Waals surface area (Å²) < 4.78 is 0. The van der Waals surface area contributed by atoms with Crippen molar-refractivity contribution in [3.05, 3.63) is 11.1 Å². The quantitative estimate of drug-likeness (QED) is 0.799. The molecule has 0 saturated carbocycles. The van der Waals surface area contributed by atoms with Crippen molar-refractivity contribution in [2.45, 2.75) is 25.8 Å². The Balaban J connectivity index is 2.49. The lowest BCUT2D eigenvalue weighted by atomic mass is 10.2. The van der Waals surface area contributed by atoms with Crippen LogP contribution in [-0.4, -0.2) is 25.1 Å². The van der Waals surface area contributed by atoms with E-state index in [0.717, 1.165) is 18.0 Å². The zero-order valence-corrected chi connectivity index (χ0v) is 9.27. The molecule has 0 bridgehead atoms. The molecule has 0 unspecified atom stereocenters. The van der Waals surface area contributed by atoms with Crippen molar-refractivity contribution in [1.82, 2.24) is 4.98 Å². The number of anilines is 1. The van der Waals surface area contributed by atoms with E-state index in [4.69, 9.17) is 5.73 Å². The molecule has 1 heterocycles. The molecule has 0 aliphatic heterocycles. The monoisotopic (exact) mass is 199 g/mol. The number of rotatable bonds is 4. The molecule has 0 radical (unpaired) electrons. The van der Waals surface area contributed by atoms with E-state index in [2.05, 4.69) is 4.98 Å². The lowest BCUT2D eigenvalue weighted by molar-refractivity contribution is 0.670. The second-order valence-electron chi connectivity index (χ2n) is 3.52. The first-order valence-electron chi connectivity index (χ1n) is 4.47. The molecule has 3 nitrogen and oxygen atoms in total. The Kier molecular flexibility index (Phi) is 3.69. The van der Waals surface area contributed by atoms with Crippen LogP contribution in [0.3, 0.4) is 0 Å². The van der Waals surface area contributed by atoms with E-state index < -0.39 is 0 Å². The molecule has 0 aliphatic carbocycles. The highest BCUT2D eigenvalue weighted by molar-refractivity contribution is 7.15. The van der Waals surface area contributed by atoms with E-state index >= 15 is 0 Å². The van der Waals surface area contributed by atoms with Crippen molar-refractivity contribution >= 4 is 16.5 Å². The second kappa shape index (κ2) is 4.58. The summed E-state index contributed by atoms with van der Waals surface area (Å²) in [6.45, 7) is 2.04. The summed E-state index contributed by atoms with van der Waals surface area (Å²) in [5, 5.41) is 1.07. The Morgan fingerprint density at radius 2 is 2.31 bits per heavy atom. The van der Waals surface area contributed by atoms with Crippen LogP contribution in [0.15, 0.2) is 6.20 Å². The average molecular weight is 199 g/mol. The highest BCUT2D eigenvalue weighted by Crippen LogP contribution is 2.21. The maximum atomic E-state index is 5.68. The molecule has 1 atom stereocenters. The fourth-order valence-electron chi connectivity index (χ4n) is 0.989. The summed E-state index contributed by atoms with van der Waals surface area (Å²) in [5.74, 6) is 0. The van der Waals surface area contributed by atoms with E-state index in [1.54, 1.807) is 11.3 Å². The molecule has 0 fully saturated rings. The zero-order chi connectivity index (χ0) is 9.84. The molecule has 1 aromatic heterocycles. The SMILES string of the molecule is C[C@H](N)CCc1cnc(N(C)C)s1. The molecule has 4 heteroatoms. The number of thiazole rings is 1. The predicted octanol–water partition coefficient (Wildman–Crippen LogP) is 1.49. The van der Waals surface area contributed by atoms with Crippen molar-refractivity contribution in [3.8, 4) is 0 Å². The zero-order valence-electron chi connectivity index (χ0n) is 8.45. The smallest absolute Gasteiger partial charge is 0.184 e. The third kappa shape index (κ3) is 3.32. The fraction of sp³-hybridized carbons (Fsp3) is 0.667. The van der Waals surface area contributed by atoms with Crippen LogP contribution < -0.4 is 10.6 Å². The predicted molar refractivity (Wildman–Crippen MR) is 58.4 cm³/mol. The van der Waals surface area contributed by atoms with Gasteiger partial charge in [-0.25, -0.2) is 4.98 Å². The number of aromatic nitrogens is 1. The fourth-order valence-corrected chi connectivity index (χ4v) is 1.84. The minimum Gasteiger partial charge on any atom is -0.354 e. The summed E-state index contributed by atoms with van der Waals surface area (Å²) in [6.07, 6.45) is 4.03. The molecular weight excluding hydrogens is 182 g/mol. The minimum atomic E-state index is 0.282. The number of nitrogens with zero attached hydrogens (tertiary/aromatic N) is 2. The van der Waals surface area contributed by atoms with Gasteiger partial charge >= 0.3 is 0 Å². The van der Waals surface area contributed by atoms with Gasteiger partial charge in [0.15, 0.2) is 5.13 Å². The Morgan fingerprint density at radius 3 is 2.77 bits per heavy atom. The molecule has 1 aromatic rings. The first-order valence-corrected chi connectivity index (χ1v) is 5.29. The van der Waals surface area contributed by atoms with Gasteiger partial charge in [0.1, 0.15) is 0 Å². The topological polar surface area (TPSA) is 42.1 Å². The van der Waals surface area contributed by atoms with Gasteiger partial charge in [-0.05, 0) is 19.8 Å². The minimum absolute atomic E-state index is 0.282. The summed E-state index contributed by atoms with van der Waals surface area (Å²) in [4.78, 5) is 7.65. The van der Waals surface area contributed by atoms with Gasteiger partial charge in [-0.2, -0.15) is 0 Å². The molecular formula is C9H17N3S. The van der Waals surface area contributed by atoms with Crippen LogP contribution >= 0.6 is 11.3 Å². The van der Waals surface area contributed by atoms with Crippen LogP contribution in [0.2, 0.25) is 0 Å². The lowest BCUT2D eigenvalue weighted by Gasteiger charge is -2.05. The summed E-state index contributed by atoms with van der Waals surface area (Å²) in [6, 6.07) is 0.282. The van der Waals surface area contributed by atoms with Crippen LogP contribution in [0, 0.1) is 0 Å². The number of nitrogens with two attached hydrogens (primary N) is 1. The summed E-state index contributed by atoms with van der Waals surface area (Å²) in [5.41, 5.74) is 5.68. The largest absolute Gasteiger partial charge is 0.354 e. The Hall–Kier alpha value is -0.610. The number of hydrogen-bond acceptors (Lipinski definition) is 4. The number of aryl methyl sites for hydroxylation is 1. The molecule has 0 spiro atoms. The van der Waals surface area contributed by atoms with E-state index in [1.807, 2.05) is 32.1 Å². The van der Waals surface area contributed by atoms with Gasteiger partial charge in [-0.15, -0.1) is 11.3 Å². The first kappa shape index (κ1) is 10.5. The molecule has 0 aromatic carbocycles. The van der Waals surface area contributed by atoms with Crippen molar-refractivity contribution < 1.29 is 0 Å². The maximum absolute atomic E-state index is 5.68. The molecule has 74 valence electrons. The Bertz CT molecular complexity index is 255. The van der Waals surface area contributed by atoms with Gasteiger partial charge in [-0.1, -0.05) is 0 Å². The van der Waals surface area contributed by atoms with Crippen LogP contribution in [0.25, 0.3) is 0 Å². The standard InChI is InChI=1S/C9H17N3S/c1-7(10)4-5-8-6-11-9(13-8)12(2)3/h6-7H,4-5,10H2,1-3H3/t7-/m0/s1. The van der Waals surface area contributed by atoms with Gasteiger partial charge < -0.3 is 10.6 Å². The molecule has 0 aliphatic rings. The van der Waals surface area contributed by atoms with Crippen molar-refractivity contribution in [1.29, 1.82) is 0 Å². The van der Waals surface area contributed by atoms with Crippen molar-refractivity contribution in [3.63, 3.8) is 0 Å². The second-order valence-corrected chi connectivity index (χ2v) is 4.61. The number of hydrogen-bond donors (Lipinski definition) is 1. The van der Waals surface area contributed by atoms with Crippen LogP contribution in [0.5, 0.6) is 0 Å². The Labute approximate surface area is 83.6 Å². The van der Waals surface area contributed by atoms with Crippen LogP contribution in [0.4, 0.5) is 5.13 Å². The van der Waals surface area contributed by atoms with Crippen molar-refractivity contribution in [2.75, 3.05) is 19.0 Å². The molecule has 0 saturated heterocycles. The third-order valence-electron chi connectivity index (χ3n) is 1.77. The highest BCUT2D eigenvalue weighted by atomic mass is 32.1. The first-order chi connectivity index (χ1) is 6.09. The highest BCUT2D eigenvalue weighted by Gasteiger charge is 2.04. The van der Waals surface area contributed by atoms with Crippen molar-refractivity contribution in [2.24, 2.45) is 5.73 Å². The van der Waals surface area contributed by atoms with Gasteiger partial charge in [0.2, 0.25) is 0 Å². The summed E-state index contributed by atoms with van der Waals surface area (Å²) >= 11 is 1.74. The van der Waals surface area contributed by atoms with E-state index in [-0.39, 0.29) is 6.04 Å². The van der Waals surface area contributed by atoms with Gasteiger partial charge in [-0.3, -0.25) is 0 Å². The Morgan fingerprint density at radius 1 is 1.62 bits per heavy atom. The third-order valence-corrected chi connectivity index (χ3v) is 2.99. The van der Waals surface area contributed by atoms with E-state index in [9.17, 15) is 0 Å². The lowest BCUT2D eigenvalue weighted by Crippen LogP contribution is -2.14. The van der Waals surface area contributed by atoms with E-state index in [0.29, 0.717) is 0 Å².